The Hall–Kier alpha value is -1.52. The van der Waals surface area contributed by atoms with Crippen molar-refractivity contribution in [3.8, 4) is 5.75 Å². The number of nitrogens with one attached hydrogen (secondary N) is 1. The van der Waals surface area contributed by atoms with Crippen LogP contribution in [-0.2, 0) is 0 Å². The van der Waals surface area contributed by atoms with Gasteiger partial charge in [-0.15, -0.1) is 0 Å². The molecule has 0 aliphatic rings. The fraction of sp³-hybridized carbons (Fsp3) is 0.267. The lowest BCUT2D eigenvalue weighted by Gasteiger charge is -2.11. The van der Waals surface area contributed by atoms with E-state index < -0.39 is 0 Å². The molecule has 0 fully saturated rings. The number of hydrogen-bond donors (Lipinski definition) is 1. The lowest BCUT2D eigenvalue weighted by Crippen LogP contribution is -2.12. The summed E-state index contributed by atoms with van der Waals surface area (Å²) in [4.78, 5) is 5.56. The van der Waals surface area contributed by atoms with Gasteiger partial charge >= 0.3 is 0 Å². The molecule has 100 valence electrons. The van der Waals surface area contributed by atoms with E-state index in [1.54, 1.807) is 18.9 Å². The van der Waals surface area contributed by atoms with Crippen molar-refractivity contribution in [3.05, 3.63) is 48.2 Å². The van der Waals surface area contributed by atoms with Crippen LogP contribution in [0.15, 0.2) is 52.5 Å². The van der Waals surface area contributed by atoms with E-state index in [4.69, 9.17) is 4.74 Å². The first-order valence-corrected chi connectivity index (χ1v) is 7.00. The van der Waals surface area contributed by atoms with E-state index in [0.29, 0.717) is 6.04 Å². The minimum atomic E-state index is 0.317. The molecule has 3 nitrogen and oxygen atoms in total. The first kappa shape index (κ1) is 13.9. The number of methoxy groups -OCH3 is 1. The van der Waals surface area contributed by atoms with E-state index in [1.165, 1.54) is 5.56 Å². The van der Waals surface area contributed by atoms with Gasteiger partial charge < -0.3 is 10.1 Å². The normalized spacial score (nSPS) is 12.2. The molecule has 4 heteroatoms. The van der Waals surface area contributed by atoms with Gasteiger partial charge in [-0.25, -0.2) is 4.98 Å². The maximum atomic E-state index is 5.34. The van der Waals surface area contributed by atoms with Crippen molar-refractivity contribution >= 4 is 11.8 Å². The third-order valence-electron chi connectivity index (χ3n) is 2.98. The molecule has 1 heterocycles. The van der Waals surface area contributed by atoms with Gasteiger partial charge in [-0.3, -0.25) is 0 Å². The van der Waals surface area contributed by atoms with E-state index in [2.05, 4.69) is 23.3 Å². The molecule has 2 aromatic rings. The Morgan fingerprint density at radius 2 is 2.00 bits per heavy atom. The summed E-state index contributed by atoms with van der Waals surface area (Å²) >= 11 is 1.61. The van der Waals surface area contributed by atoms with Crippen LogP contribution in [0.1, 0.15) is 18.5 Å². The average molecular weight is 274 g/mol. The second-order valence-electron chi connectivity index (χ2n) is 4.19. The van der Waals surface area contributed by atoms with Gasteiger partial charge in [0.1, 0.15) is 10.8 Å². The van der Waals surface area contributed by atoms with E-state index in [-0.39, 0.29) is 0 Å². The Morgan fingerprint density at radius 3 is 2.63 bits per heavy atom. The Morgan fingerprint density at radius 1 is 1.21 bits per heavy atom. The predicted molar refractivity (Wildman–Crippen MR) is 78.8 cm³/mol. The maximum absolute atomic E-state index is 5.34. The molecule has 0 aliphatic heterocycles. The molecule has 1 aromatic carbocycles. The SMILES string of the molecule is CNC(C)c1ccc(Sc2ccccc2OC)nc1. The summed E-state index contributed by atoms with van der Waals surface area (Å²) in [5, 5.41) is 4.17. The first-order chi connectivity index (χ1) is 9.24. The van der Waals surface area contributed by atoms with Crippen LogP contribution in [0.5, 0.6) is 5.75 Å². The van der Waals surface area contributed by atoms with E-state index in [0.717, 1.165) is 15.7 Å². The number of hydrogen-bond acceptors (Lipinski definition) is 4. The summed E-state index contributed by atoms with van der Waals surface area (Å²) in [6, 6.07) is 12.4. The number of para-hydroxylation sites is 1. The molecular weight excluding hydrogens is 256 g/mol. The summed E-state index contributed by atoms with van der Waals surface area (Å²) in [7, 11) is 3.63. The zero-order chi connectivity index (χ0) is 13.7. The molecule has 2 rings (SSSR count). The summed E-state index contributed by atoms with van der Waals surface area (Å²) < 4.78 is 5.34. The highest BCUT2D eigenvalue weighted by molar-refractivity contribution is 7.99. The monoisotopic (exact) mass is 274 g/mol. The van der Waals surface area contributed by atoms with Crippen molar-refractivity contribution in [1.82, 2.24) is 10.3 Å². The Kier molecular flexibility index (Phi) is 4.82. The molecule has 1 N–H and O–H groups in total. The highest BCUT2D eigenvalue weighted by atomic mass is 32.2. The number of nitrogens with zero attached hydrogens (tertiary/aromatic N) is 1. The maximum Gasteiger partial charge on any atom is 0.132 e. The second-order valence-corrected chi connectivity index (χ2v) is 5.26. The highest BCUT2D eigenvalue weighted by Crippen LogP contribution is 2.33. The van der Waals surface area contributed by atoms with Gasteiger partial charge in [-0.2, -0.15) is 0 Å². The van der Waals surface area contributed by atoms with Crippen LogP contribution < -0.4 is 10.1 Å². The van der Waals surface area contributed by atoms with Crippen LogP contribution in [-0.4, -0.2) is 19.1 Å². The molecule has 0 amide bonds. The molecule has 19 heavy (non-hydrogen) atoms. The topological polar surface area (TPSA) is 34.1 Å². The highest BCUT2D eigenvalue weighted by Gasteiger charge is 2.06. The van der Waals surface area contributed by atoms with Gasteiger partial charge in [0.15, 0.2) is 0 Å². The number of rotatable bonds is 5. The van der Waals surface area contributed by atoms with Gasteiger partial charge in [0.2, 0.25) is 0 Å². The van der Waals surface area contributed by atoms with E-state index >= 15 is 0 Å². The Labute approximate surface area is 118 Å². The van der Waals surface area contributed by atoms with Crippen molar-refractivity contribution in [2.75, 3.05) is 14.2 Å². The third kappa shape index (κ3) is 3.49. The predicted octanol–water partition coefficient (Wildman–Crippen LogP) is 3.52. The van der Waals surface area contributed by atoms with Crippen LogP contribution in [0.25, 0.3) is 0 Å². The third-order valence-corrected chi connectivity index (χ3v) is 3.98. The quantitative estimate of drug-likeness (QED) is 0.904. The van der Waals surface area contributed by atoms with Crippen molar-refractivity contribution in [2.45, 2.75) is 22.9 Å². The van der Waals surface area contributed by atoms with Crippen molar-refractivity contribution in [3.63, 3.8) is 0 Å². The second kappa shape index (κ2) is 6.59. The van der Waals surface area contributed by atoms with Crippen LogP contribution >= 0.6 is 11.8 Å². The van der Waals surface area contributed by atoms with Crippen molar-refractivity contribution in [2.24, 2.45) is 0 Å². The minimum absolute atomic E-state index is 0.317. The molecule has 1 atom stereocenters. The lowest BCUT2D eigenvalue weighted by molar-refractivity contribution is 0.405. The fourth-order valence-electron chi connectivity index (χ4n) is 1.69. The average Bonchev–Trinajstić information content (AvgIpc) is 2.48. The summed E-state index contributed by atoms with van der Waals surface area (Å²) in [6.07, 6.45) is 1.92. The Balaban J connectivity index is 2.15. The molecule has 1 aromatic heterocycles. The van der Waals surface area contributed by atoms with Gasteiger partial charge in [-0.1, -0.05) is 30.0 Å². The smallest absolute Gasteiger partial charge is 0.132 e. The molecule has 0 aliphatic carbocycles. The van der Waals surface area contributed by atoms with E-state index in [1.807, 2.05) is 43.6 Å². The number of ether oxygens (including phenoxy) is 1. The van der Waals surface area contributed by atoms with Crippen molar-refractivity contribution < 1.29 is 4.74 Å². The van der Waals surface area contributed by atoms with Gasteiger partial charge in [0, 0.05) is 12.2 Å². The fourth-order valence-corrected chi connectivity index (χ4v) is 2.56. The lowest BCUT2D eigenvalue weighted by atomic mass is 10.1. The Bertz CT molecular complexity index is 528. The van der Waals surface area contributed by atoms with Crippen LogP contribution in [0, 0.1) is 0 Å². The molecule has 0 spiro atoms. The summed E-state index contributed by atoms with van der Waals surface area (Å²) in [5.74, 6) is 0.877. The number of pyridine rings is 1. The largest absolute Gasteiger partial charge is 0.496 e. The van der Waals surface area contributed by atoms with Crippen LogP contribution in [0.2, 0.25) is 0 Å². The molecule has 0 saturated heterocycles. The molecular formula is C15H18N2OS. The van der Waals surface area contributed by atoms with Crippen LogP contribution in [0.4, 0.5) is 0 Å². The van der Waals surface area contributed by atoms with Crippen molar-refractivity contribution in [1.29, 1.82) is 0 Å². The van der Waals surface area contributed by atoms with Gasteiger partial charge in [-0.05, 0) is 37.7 Å². The minimum Gasteiger partial charge on any atom is -0.496 e. The van der Waals surface area contributed by atoms with Gasteiger partial charge in [0.25, 0.3) is 0 Å². The molecule has 0 radical (unpaired) electrons. The summed E-state index contributed by atoms with van der Waals surface area (Å²) in [5.41, 5.74) is 1.19. The van der Waals surface area contributed by atoms with Gasteiger partial charge in [0.05, 0.1) is 12.0 Å². The number of aromatic nitrogens is 1. The number of benzene rings is 1. The van der Waals surface area contributed by atoms with E-state index in [9.17, 15) is 0 Å². The molecule has 0 bridgehead atoms. The zero-order valence-electron chi connectivity index (χ0n) is 11.4. The zero-order valence-corrected chi connectivity index (χ0v) is 12.2. The first-order valence-electron chi connectivity index (χ1n) is 6.18. The van der Waals surface area contributed by atoms with Crippen LogP contribution in [0.3, 0.4) is 0 Å². The molecule has 1 unspecified atom stereocenters. The summed E-state index contributed by atoms with van der Waals surface area (Å²) in [6.45, 7) is 2.12. The molecule has 0 saturated carbocycles. The standard InChI is InChI=1S/C15H18N2OS/c1-11(16-2)12-8-9-15(17-10-12)19-14-7-5-4-6-13(14)18-3/h4-11,16H,1-3H3.